The Morgan fingerprint density at radius 3 is 2.88 bits per heavy atom. The normalized spacial score (nSPS) is 16.6. The Morgan fingerprint density at radius 1 is 1.31 bits per heavy atom. The number of hydrogen-bond acceptors (Lipinski definition) is 3. The topological polar surface area (TPSA) is 56.2 Å². The Labute approximate surface area is 94.5 Å². The smallest absolute Gasteiger partial charge is 0.160 e. The fourth-order valence-corrected chi connectivity index (χ4v) is 2.30. The molecule has 1 fully saturated rings. The van der Waals surface area contributed by atoms with Crippen molar-refractivity contribution in [2.45, 2.75) is 31.6 Å². The van der Waals surface area contributed by atoms with Gasteiger partial charge in [0, 0.05) is 18.0 Å². The van der Waals surface area contributed by atoms with Gasteiger partial charge in [-0.3, -0.25) is 4.40 Å². The number of aromatic nitrogens is 3. The molecule has 0 unspecified atom stereocenters. The van der Waals surface area contributed by atoms with E-state index in [1.165, 1.54) is 25.0 Å². The maximum absolute atomic E-state index is 5.64. The molecule has 0 saturated heterocycles. The summed E-state index contributed by atoms with van der Waals surface area (Å²) in [5.41, 5.74) is 7.82. The van der Waals surface area contributed by atoms with E-state index in [9.17, 15) is 0 Å². The highest BCUT2D eigenvalue weighted by Crippen LogP contribution is 2.35. The maximum atomic E-state index is 5.64. The number of fused-ring (bicyclic) bond motifs is 1. The second kappa shape index (κ2) is 3.87. The lowest BCUT2D eigenvalue weighted by Gasteiger charge is -2.24. The zero-order valence-electron chi connectivity index (χ0n) is 9.26. The van der Waals surface area contributed by atoms with Crippen molar-refractivity contribution in [3.63, 3.8) is 0 Å². The van der Waals surface area contributed by atoms with Crippen molar-refractivity contribution in [2.24, 2.45) is 5.73 Å². The van der Waals surface area contributed by atoms with Crippen molar-refractivity contribution in [3.05, 3.63) is 29.7 Å². The Morgan fingerprint density at radius 2 is 2.19 bits per heavy atom. The van der Waals surface area contributed by atoms with E-state index in [2.05, 4.69) is 20.7 Å². The summed E-state index contributed by atoms with van der Waals surface area (Å²) in [5, 5.41) is 8.57. The summed E-state index contributed by atoms with van der Waals surface area (Å²) < 4.78 is 2.19. The largest absolute Gasteiger partial charge is 0.330 e. The number of hydrogen-bond donors (Lipinski definition) is 1. The van der Waals surface area contributed by atoms with Crippen LogP contribution in [0.15, 0.2) is 18.2 Å². The van der Waals surface area contributed by atoms with E-state index in [0.717, 1.165) is 17.9 Å². The minimum Gasteiger partial charge on any atom is -0.330 e. The summed E-state index contributed by atoms with van der Waals surface area (Å²) in [5.74, 6) is 1.74. The lowest BCUT2D eigenvalue weighted by molar-refractivity contribution is 0.398. The average Bonchev–Trinajstić information content (AvgIpc) is 2.61. The van der Waals surface area contributed by atoms with Crippen LogP contribution in [-0.2, 0) is 6.42 Å². The maximum Gasteiger partial charge on any atom is 0.160 e. The molecule has 2 heterocycles. The highest BCUT2D eigenvalue weighted by atomic mass is 15.3. The first-order valence-electron chi connectivity index (χ1n) is 5.93. The molecule has 0 aliphatic heterocycles. The van der Waals surface area contributed by atoms with Crippen LogP contribution in [0, 0.1) is 0 Å². The minimum absolute atomic E-state index is 0.605. The Bertz CT molecular complexity index is 499. The van der Waals surface area contributed by atoms with Crippen LogP contribution >= 0.6 is 0 Å². The van der Waals surface area contributed by atoms with Crippen LogP contribution in [0.3, 0.4) is 0 Å². The standard InChI is InChI=1S/C12H16N4/c13-8-7-10-5-2-6-11-14-15-12(16(10)11)9-3-1-4-9/h2,5-6,9H,1,3-4,7-8,13H2. The van der Waals surface area contributed by atoms with Crippen molar-refractivity contribution < 1.29 is 0 Å². The second-order valence-corrected chi connectivity index (χ2v) is 4.44. The van der Waals surface area contributed by atoms with Crippen LogP contribution in [0.5, 0.6) is 0 Å². The van der Waals surface area contributed by atoms with Crippen LogP contribution in [-0.4, -0.2) is 21.1 Å². The van der Waals surface area contributed by atoms with Crippen molar-refractivity contribution in [3.8, 4) is 0 Å². The lowest BCUT2D eigenvalue weighted by atomic mass is 9.85. The number of nitrogens with two attached hydrogens (primary N) is 1. The lowest BCUT2D eigenvalue weighted by Crippen LogP contribution is -2.15. The third-order valence-electron chi connectivity index (χ3n) is 3.41. The minimum atomic E-state index is 0.605. The van der Waals surface area contributed by atoms with Gasteiger partial charge in [-0.15, -0.1) is 10.2 Å². The fraction of sp³-hybridized carbons (Fsp3) is 0.500. The summed E-state index contributed by atoms with van der Waals surface area (Å²) in [6.07, 6.45) is 4.70. The summed E-state index contributed by atoms with van der Waals surface area (Å²) in [6.45, 7) is 0.668. The molecule has 0 spiro atoms. The van der Waals surface area contributed by atoms with E-state index in [1.54, 1.807) is 0 Å². The predicted octanol–water partition coefficient (Wildman–Crippen LogP) is 1.50. The van der Waals surface area contributed by atoms with Gasteiger partial charge >= 0.3 is 0 Å². The van der Waals surface area contributed by atoms with E-state index in [-0.39, 0.29) is 0 Å². The molecule has 2 aromatic rings. The van der Waals surface area contributed by atoms with Gasteiger partial charge in [0.05, 0.1) is 0 Å². The van der Waals surface area contributed by atoms with Crippen molar-refractivity contribution in [1.82, 2.24) is 14.6 Å². The van der Waals surface area contributed by atoms with E-state index >= 15 is 0 Å². The summed E-state index contributed by atoms with van der Waals surface area (Å²) >= 11 is 0. The molecule has 0 atom stereocenters. The van der Waals surface area contributed by atoms with Crippen molar-refractivity contribution >= 4 is 5.65 Å². The summed E-state index contributed by atoms with van der Waals surface area (Å²) in [4.78, 5) is 0. The molecule has 0 aromatic carbocycles. The van der Waals surface area contributed by atoms with E-state index in [4.69, 9.17) is 5.73 Å². The molecule has 0 amide bonds. The van der Waals surface area contributed by atoms with Gasteiger partial charge in [-0.1, -0.05) is 12.5 Å². The SMILES string of the molecule is NCCc1cccc2nnc(C3CCC3)n12. The summed E-state index contributed by atoms with van der Waals surface area (Å²) in [6, 6.07) is 6.15. The zero-order chi connectivity index (χ0) is 11.0. The second-order valence-electron chi connectivity index (χ2n) is 4.44. The van der Waals surface area contributed by atoms with Gasteiger partial charge in [-0.05, 0) is 31.5 Å². The van der Waals surface area contributed by atoms with Gasteiger partial charge in [0.25, 0.3) is 0 Å². The molecule has 4 heteroatoms. The van der Waals surface area contributed by atoms with Gasteiger partial charge in [0.15, 0.2) is 5.65 Å². The van der Waals surface area contributed by atoms with Gasteiger partial charge in [-0.2, -0.15) is 0 Å². The molecule has 1 saturated carbocycles. The number of rotatable bonds is 3. The third kappa shape index (κ3) is 1.41. The van der Waals surface area contributed by atoms with E-state index in [0.29, 0.717) is 12.5 Å². The van der Waals surface area contributed by atoms with Crippen LogP contribution in [0.2, 0.25) is 0 Å². The van der Waals surface area contributed by atoms with E-state index < -0.39 is 0 Å². The molecule has 16 heavy (non-hydrogen) atoms. The third-order valence-corrected chi connectivity index (χ3v) is 3.41. The predicted molar refractivity (Wildman–Crippen MR) is 62.3 cm³/mol. The van der Waals surface area contributed by atoms with Crippen LogP contribution in [0.4, 0.5) is 0 Å². The van der Waals surface area contributed by atoms with Gasteiger partial charge < -0.3 is 5.73 Å². The van der Waals surface area contributed by atoms with Crippen LogP contribution < -0.4 is 5.73 Å². The van der Waals surface area contributed by atoms with E-state index in [1.807, 2.05) is 12.1 Å². The fourth-order valence-electron chi connectivity index (χ4n) is 2.30. The van der Waals surface area contributed by atoms with Gasteiger partial charge in [-0.25, -0.2) is 0 Å². The Hall–Kier alpha value is -1.42. The average molecular weight is 216 g/mol. The first-order chi connectivity index (χ1) is 7.90. The number of pyridine rings is 1. The quantitative estimate of drug-likeness (QED) is 0.845. The van der Waals surface area contributed by atoms with Crippen molar-refractivity contribution in [2.75, 3.05) is 6.54 Å². The molecule has 2 aromatic heterocycles. The molecule has 0 radical (unpaired) electrons. The molecule has 84 valence electrons. The molecular weight excluding hydrogens is 200 g/mol. The molecule has 0 bridgehead atoms. The number of nitrogens with zero attached hydrogens (tertiary/aromatic N) is 3. The first kappa shape index (κ1) is 9.78. The van der Waals surface area contributed by atoms with Gasteiger partial charge in [0.1, 0.15) is 5.82 Å². The molecular formula is C12H16N4. The molecule has 1 aliphatic carbocycles. The molecule has 1 aliphatic rings. The summed E-state index contributed by atoms with van der Waals surface area (Å²) in [7, 11) is 0. The molecule has 2 N–H and O–H groups in total. The van der Waals surface area contributed by atoms with Gasteiger partial charge in [0.2, 0.25) is 0 Å². The molecule has 4 nitrogen and oxygen atoms in total. The van der Waals surface area contributed by atoms with Crippen LogP contribution in [0.1, 0.15) is 36.7 Å². The highest BCUT2D eigenvalue weighted by Gasteiger charge is 2.25. The Kier molecular flexibility index (Phi) is 2.36. The van der Waals surface area contributed by atoms with Crippen molar-refractivity contribution in [1.29, 1.82) is 0 Å². The zero-order valence-corrected chi connectivity index (χ0v) is 9.26. The van der Waals surface area contributed by atoms with Crippen LogP contribution in [0.25, 0.3) is 5.65 Å². The monoisotopic (exact) mass is 216 g/mol. The first-order valence-corrected chi connectivity index (χ1v) is 5.93. The molecule has 3 rings (SSSR count). The highest BCUT2D eigenvalue weighted by molar-refractivity contribution is 5.40. The Balaban J connectivity index is 2.13.